The normalized spacial score (nSPS) is 14.2. The van der Waals surface area contributed by atoms with Crippen molar-refractivity contribution in [2.24, 2.45) is 0 Å². The van der Waals surface area contributed by atoms with Gasteiger partial charge >= 0.3 is 0 Å². The van der Waals surface area contributed by atoms with Gasteiger partial charge in [-0.25, -0.2) is 0 Å². The van der Waals surface area contributed by atoms with Crippen LogP contribution in [0, 0.1) is 0 Å². The number of para-hydroxylation sites is 1. The van der Waals surface area contributed by atoms with Crippen LogP contribution in [0.3, 0.4) is 0 Å². The van der Waals surface area contributed by atoms with E-state index in [0.29, 0.717) is 16.8 Å². The van der Waals surface area contributed by atoms with Crippen molar-refractivity contribution in [2.45, 2.75) is 18.9 Å². The van der Waals surface area contributed by atoms with Crippen LogP contribution < -0.4 is 15.0 Å². The zero-order chi connectivity index (χ0) is 23.3. The van der Waals surface area contributed by atoms with Gasteiger partial charge in [-0.05, 0) is 48.7 Å². The Morgan fingerprint density at radius 2 is 1.71 bits per heavy atom. The monoisotopic (exact) mass is 453 g/mol. The molecule has 1 aliphatic heterocycles. The number of fused-ring (bicyclic) bond motifs is 1. The molecule has 2 N–H and O–H groups in total. The van der Waals surface area contributed by atoms with Gasteiger partial charge in [0, 0.05) is 35.9 Å². The lowest BCUT2D eigenvalue weighted by atomic mass is 9.95. The summed E-state index contributed by atoms with van der Waals surface area (Å²) in [5, 5.41) is 15.3. The molecule has 2 heterocycles. The van der Waals surface area contributed by atoms with Crippen molar-refractivity contribution in [3.8, 4) is 11.5 Å². The molecule has 1 atom stereocenters. The molecule has 0 radical (unpaired) electrons. The third-order valence-corrected chi connectivity index (χ3v) is 6.18. The van der Waals surface area contributed by atoms with E-state index in [2.05, 4.69) is 15.2 Å². The summed E-state index contributed by atoms with van der Waals surface area (Å²) in [5.41, 5.74) is 3.06. The number of phenolic OH excluding ortho intramolecular Hbond substituents is 1. The molecule has 5 rings (SSSR count). The van der Waals surface area contributed by atoms with E-state index in [4.69, 9.17) is 4.74 Å². The van der Waals surface area contributed by atoms with E-state index < -0.39 is 6.04 Å². The van der Waals surface area contributed by atoms with Crippen LogP contribution >= 0.6 is 0 Å². The van der Waals surface area contributed by atoms with Gasteiger partial charge in [0.1, 0.15) is 17.0 Å². The third-order valence-electron chi connectivity index (χ3n) is 6.18. The van der Waals surface area contributed by atoms with Crippen LogP contribution in [-0.2, 0) is 4.79 Å². The van der Waals surface area contributed by atoms with E-state index >= 15 is 0 Å². The molecule has 0 bridgehead atoms. The number of carbonyl (C=O) groups is 1. The number of ether oxygens (including phenoxy) is 1. The Bertz CT molecular complexity index is 1270. The Morgan fingerprint density at radius 1 is 1.00 bits per heavy atom. The molecule has 172 valence electrons. The molecule has 3 aromatic carbocycles. The van der Waals surface area contributed by atoms with Crippen LogP contribution in [0.25, 0.3) is 10.9 Å². The lowest BCUT2D eigenvalue weighted by Crippen LogP contribution is -2.33. The van der Waals surface area contributed by atoms with Crippen molar-refractivity contribution < 1.29 is 14.6 Å². The quantitative estimate of drug-likeness (QED) is 0.419. The zero-order valence-corrected chi connectivity index (χ0v) is 18.9. The molecule has 1 unspecified atom stereocenters. The molecular weight excluding hydrogens is 426 g/mol. The fourth-order valence-corrected chi connectivity index (χ4v) is 4.52. The summed E-state index contributed by atoms with van der Waals surface area (Å²) in [6.45, 7) is 1.79. The molecule has 1 amide bonds. The third kappa shape index (κ3) is 4.53. The predicted molar refractivity (Wildman–Crippen MR) is 133 cm³/mol. The summed E-state index contributed by atoms with van der Waals surface area (Å²) in [6, 6.07) is 24.2. The van der Waals surface area contributed by atoms with Crippen molar-refractivity contribution in [3.05, 3.63) is 96.2 Å². The van der Waals surface area contributed by atoms with Crippen LogP contribution in [0.2, 0.25) is 0 Å². The second kappa shape index (κ2) is 9.83. The maximum atomic E-state index is 12.9. The number of hydrogen-bond acceptors (Lipinski definition) is 5. The largest absolute Gasteiger partial charge is 0.505 e. The molecule has 34 heavy (non-hydrogen) atoms. The average Bonchev–Trinajstić information content (AvgIpc) is 3.43. The molecule has 0 spiro atoms. The van der Waals surface area contributed by atoms with Crippen LogP contribution in [-0.4, -0.2) is 35.7 Å². The van der Waals surface area contributed by atoms with Crippen LogP contribution in [0.5, 0.6) is 11.5 Å². The summed E-state index contributed by atoms with van der Waals surface area (Å²) < 4.78 is 5.65. The molecule has 6 heteroatoms. The summed E-state index contributed by atoms with van der Waals surface area (Å²) in [4.78, 5) is 19.8. The van der Waals surface area contributed by atoms with Gasteiger partial charge in [-0.2, -0.15) is 0 Å². The Balaban J connectivity index is 1.53. The molecular formula is C28H27N3O3. The zero-order valence-electron chi connectivity index (χ0n) is 18.9. The highest BCUT2D eigenvalue weighted by Crippen LogP contribution is 2.40. The van der Waals surface area contributed by atoms with E-state index in [1.807, 2.05) is 78.9 Å². The van der Waals surface area contributed by atoms with Crippen molar-refractivity contribution in [1.29, 1.82) is 0 Å². The highest BCUT2D eigenvalue weighted by atomic mass is 16.5. The average molecular weight is 454 g/mol. The highest BCUT2D eigenvalue weighted by molar-refractivity contribution is 5.97. The van der Waals surface area contributed by atoms with Gasteiger partial charge in [0.15, 0.2) is 6.61 Å². The number of anilines is 1. The molecule has 6 nitrogen and oxygen atoms in total. The second-order valence-corrected chi connectivity index (χ2v) is 8.44. The van der Waals surface area contributed by atoms with Crippen LogP contribution in [0.15, 0.2) is 85.1 Å². The lowest BCUT2D eigenvalue weighted by Gasteiger charge is -2.26. The smallest absolute Gasteiger partial charge is 0.258 e. The van der Waals surface area contributed by atoms with Gasteiger partial charge in [0.25, 0.3) is 5.91 Å². The van der Waals surface area contributed by atoms with Gasteiger partial charge in [-0.15, -0.1) is 0 Å². The van der Waals surface area contributed by atoms with Gasteiger partial charge in [-0.3, -0.25) is 9.78 Å². The number of nitrogens with one attached hydrogen (secondary N) is 1. The van der Waals surface area contributed by atoms with E-state index in [9.17, 15) is 9.90 Å². The fraction of sp³-hybridized carbons (Fsp3) is 0.214. The first-order valence-corrected chi connectivity index (χ1v) is 11.6. The molecule has 1 saturated heterocycles. The van der Waals surface area contributed by atoms with E-state index in [0.717, 1.165) is 42.6 Å². The second-order valence-electron chi connectivity index (χ2n) is 8.44. The van der Waals surface area contributed by atoms with E-state index in [-0.39, 0.29) is 18.3 Å². The van der Waals surface area contributed by atoms with Gasteiger partial charge in [0.2, 0.25) is 0 Å². The number of aromatic hydroxyl groups is 1. The van der Waals surface area contributed by atoms with Gasteiger partial charge in [0.05, 0.1) is 6.04 Å². The number of carbonyl (C=O) groups excluding carboxylic acids is 1. The maximum Gasteiger partial charge on any atom is 0.258 e. The van der Waals surface area contributed by atoms with Gasteiger partial charge in [-0.1, -0.05) is 48.5 Å². The standard InChI is InChI=1S/C28H27N3O3/c32-25(19-34-21-12-5-2-6-13-21)30-26(20-10-3-1-4-11-20)23-18-24(31-16-7-8-17-31)22-14-9-15-29-27(22)28(23)33/h1-6,9-15,18,26,33H,7-8,16-17,19H2,(H,30,32). The fourth-order valence-electron chi connectivity index (χ4n) is 4.52. The number of benzene rings is 3. The summed E-state index contributed by atoms with van der Waals surface area (Å²) >= 11 is 0. The number of hydrogen-bond donors (Lipinski definition) is 2. The predicted octanol–water partition coefficient (Wildman–Crippen LogP) is 4.83. The summed E-state index contributed by atoms with van der Waals surface area (Å²) in [6.07, 6.45) is 3.95. The van der Waals surface area contributed by atoms with E-state index in [1.165, 1.54) is 0 Å². The molecule has 0 saturated carbocycles. The molecule has 1 aliphatic rings. The number of rotatable bonds is 7. The van der Waals surface area contributed by atoms with Gasteiger partial charge < -0.3 is 20.1 Å². The number of aromatic nitrogens is 1. The minimum Gasteiger partial charge on any atom is -0.505 e. The Labute approximate surface area is 198 Å². The summed E-state index contributed by atoms with van der Waals surface area (Å²) in [7, 11) is 0. The van der Waals surface area contributed by atoms with Crippen molar-refractivity contribution in [2.75, 3.05) is 24.6 Å². The lowest BCUT2D eigenvalue weighted by molar-refractivity contribution is -0.123. The number of phenols is 1. The first-order chi connectivity index (χ1) is 16.7. The maximum absolute atomic E-state index is 12.9. The molecule has 0 aliphatic carbocycles. The minimum absolute atomic E-state index is 0.0803. The first-order valence-electron chi connectivity index (χ1n) is 11.6. The van der Waals surface area contributed by atoms with Crippen molar-refractivity contribution in [3.63, 3.8) is 0 Å². The Morgan fingerprint density at radius 3 is 2.44 bits per heavy atom. The number of nitrogens with zero attached hydrogens (tertiary/aromatic N) is 2. The van der Waals surface area contributed by atoms with Crippen molar-refractivity contribution in [1.82, 2.24) is 10.3 Å². The number of amides is 1. The minimum atomic E-state index is -0.555. The SMILES string of the molecule is O=C(COc1ccccc1)NC(c1ccccc1)c1cc(N2CCCC2)c2cccnc2c1O. The topological polar surface area (TPSA) is 74.7 Å². The van der Waals surface area contributed by atoms with Crippen LogP contribution in [0.1, 0.15) is 30.0 Å². The Kier molecular flexibility index (Phi) is 6.29. The van der Waals surface area contributed by atoms with Crippen LogP contribution in [0.4, 0.5) is 5.69 Å². The molecule has 4 aromatic rings. The molecule has 1 fully saturated rings. The number of pyridine rings is 1. The van der Waals surface area contributed by atoms with Crippen molar-refractivity contribution >= 4 is 22.5 Å². The Hall–Kier alpha value is -4.06. The summed E-state index contributed by atoms with van der Waals surface area (Å²) in [5.74, 6) is 0.431. The van der Waals surface area contributed by atoms with E-state index in [1.54, 1.807) is 6.20 Å². The first kappa shape index (κ1) is 21.8. The highest BCUT2D eigenvalue weighted by Gasteiger charge is 2.26. The molecule has 1 aromatic heterocycles.